The zero-order valence-electron chi connectivity index (χ0n) is 52.7. The third kappa shape index (κ3) is 12.4. The van der Waals surface area contributed by atoms with E-state index >= 15 is 4.39 Å². The summed E-state index contributed by atoms with van der Waals surface area (Å²) in [6.07, 6.45) is -4.77. The number of nitrogens with one attached hydrogen (secondary N) is 1. The second kappa shape index (κ2) is 25.5. The van der Waals surface area contributed by atoms with E-state index in [1.165, 1.54) is 20.1 Å². The van der Waals surface area contributed by atoms with Crippen molar-refractivity contribution in [3.8, 4) is 0 Å². The van der Waals surface area contributed by atoms with Gasteiger partial charge in [0.25, 0.3) is 5.91 Å². The molecule has 0 spiro atoms. The molecule has 83 heavy (non-hydrogen) atoms. The Morgan fingerprint density at radius 3 is 2.22 bits per heavy atom. The highest BCUT2D eigenvalue weighted by Crippen LogP contribution is 2.70. The monoisotopic (exact) mass is 1180 g/mol. The fourth-order valence-electron chi connectivity index (χ4n) is 16.9. The highest BCUT2D eigenvalue weighted by atomic mass is 19.1. The number of cyclic esters (lactones) is 1. The highest BCUT2D eigenvalue weighted by Gasteiger charge is 2.75. The number of nitrogens with zero attached hydrogens (tertiary/aromatic N) is 2. The van der Waals surface area contributed by atoms with Gasteiger partial charge in [-0.2, -0.15) is 0 Å². The van der Waals surface area contributed by atoms with Crippen LogP contribution in [0.15, 0.2) is 23.8 Å². The Labute approximate surface area is 493 Å². The lowest BCUT2D eigenvalue weighted by molar-refractivity contribution is -0.318. The first-order chi connectivity index (χ1) is 38.5. The van der Waals surface area contributed by atoms with Crippen molar-refractivity contribution in [3.63, 3.8) is 0 Å². The van der Waals surface area contributed by atoms with Crippen molar-refractivity contribution in [1.29, 1.82) is 0 Å². The van der Waals surface area contributed by atoms with Crippen molar-refractivity contribution in [2.45, 2.75) is 269 Å². The van der Waals surface area contributed by atoms with E-state index in [-0.39, 0.29) is 82.0 Å². The average Bonchev–Trinajstić information content (AvgIpc) is 1.93. The summed E-state index contributed by atoms with van der Waals surface area (Å²) in [5.41, 5.74) is -10.7. The van der Waals surface area contributed by atoms with Crippen LogP contribution in [-0.2, 0) is 42.8 Å². The van der Waals surface area contributed by atoms with Crippen LogP contribution in [0.3, 0.4) is 0 Å². The molecule has 1 amide bonds. The van der Waals surface area contributed by atoms with Crippen LogP contribution in [0.5, 0.6) is 0 Å². The molecular weight excluding hydrogens is 1070 g/mol. The number of likely N-dealkylation sites (N-methyl/N-ethyl adjacent to an activating group) is 1. The predicted octanol–water partition coefficient (Wildman–Crippen LogP) is 4.91. The normalized spacial score (nSPS) is 49.4. The summed E-state index contributed by atoms with van der Waals surface area (Å²) in [6, 6.07) is -1.15. The standard InChI is InChI=1S/C63H106FN3O16/c1-17-25-66(15)45-28-36(5)79-55(49(45)70)83-53-37(6)50(82-48-32-60(13,78-16)52(72)40(9)80-48)38(7)54(73)81-47(18-2)61(14,76)51(71)39(8)67(33-34(3)30-59(53,12)75)26-19-24-65-56(74)63(77)35(4)27-44-43-21-20-41-29-42(68)22-23-57(41,10)62(43,64)46(69)31-58(44,63)11/h20,22-23,34-40,43-53,55,69-72,75-77H,17-19,21,24-33H2,1-16H3,(H,65,74)/t34-,35-,36-,37+,38-,39-,40+,43?,44?,45+,46+,47-,48+,49-,50+,51-,52+,53-,55+,57+,58+,59-,60-,61-,62+,63+/m1/s1. The summed E-state index contributed by atoms with van der Waals surface area (Å²) in [6.45, 7) is 25.9. The Balaban J connectivity index is 1.17. The number of fused-ring (bicyclic) bond motifs is 5. The minimum Gasteiger partial charge on any atom is -0.459 e. The number of methoxy groups -OCH3 is 1. The van der Waals surface area contributed by atoms with E-state index in [1.807, 2.05) is 31.9 Å². The molecule has 4 aliphatic carbocycles. The van der Waals surface area contributed by atoms with Gasteiger partial charge in [-0.1, -0.05) is 59.3 Å². The van der Waals surface area contributed by atoms with Crippen LogP contribution in [0, 0.1) is 46.3 Å². The van der Waals surface area contributed by atoms with Crippen LogP contribution in [0.4, 0.5) is 4.39 Å². The minimum absolute atomic E-state index is 0.0651. The average molecular weight is 1180 g/mol. The number of halogens is 1. The van der Waals surface area contributed by atoms with E-state index in [1.54, 1.807) is 75.3 Å². The lowest BCUT2D eigenvalue weighted by atomic mass is 9.45. The van der Waals surface area contributed by atoms with Crippen LogP contribution in [0.25, 0.3) is 0 Å². The molecule has 19 nitrogen and oxygen atoms in total. The summed E-state index contributed by atoms with van der Waals surface area (Å²) in [4.78, 5) is 45.9. The van der Waals surface area contributed by atoms with E-state index in [0.29, 0.717) is 31.4 Å². The number of allylic oxidation sites excluding steroid dienone is 4. The maximum absolute atomic E-state index is 17.9. The molecule has 476 valence electrons. The molecule has 2 unspecified atom stereocenters. The summed E-state index contributed by atoms with van der Waals surface area (Å²) in [5.74, 6) is -5.69. The molecule has 26 atom stereocenters. The number of carbonyl (C=O) groups is 3. The number of esters is 1. The summed E-state index contributed by atoms with van der Waals surface area (Å²) in [5, 5.41) is 88.9. The van der Waals surface area contributed by atoms with Gasteiger partial charge in [-0.3, -0.25) is 19.3 Å². The van der Waals surface area contributed by atoms with E-state index < -0.39 is 148 Å². The van der Waals surface area contributed by atoms with E-state index in [9.17, 15) is 50.1 Å². The molecule has 0 aromatic carbocycles. The van der Waals surface area contributed by atoms with Crippen molar-refractivity contribution in [2.75, 3.05) is 40.3 Å². The second-order valence-electron chi connectivity index (χ2n) is 28.0. The molecule has 7 aliphatic rings. The first-order valence-electron chi connectivity index (χ1n) is 31.1. The molecule has 0 aromatic rings. The number of ether oxygens (including phenoxy) is 6. The Bertz CT molecular complexity index is 2340. The predicted molar refractivity (Wildman–Crippen MR) is 308 cm³/mol. The zero-order valence-corrected chi connectivity index (χ0v) is 52.7. The van der Waals surface area contributed by atoms with Crippen LogP contribution >= 0.6 is 0 Å². The summed E-state index contributed by atoms with van der Waals surface area (Å²) < 4.78 is 56.5. The van der Waals surface area contributed by atoms with Crippen molar-refractivity contribution < 1.29 is 82.9 Å². The van der Waals surface area contributed by atoms with Gasteiger partial charge in [-0.25, -0.2) is 4.39 Å². The number of aliphatic hydroxyl groups excluding tert-OH is 4. The van der Waals surface area contributed by atoms with Crippen LogP contribution in [0.2, 0.25) is 0 Å². The molecule has 8 N–H and O–H groups in total. The fourth-order valence-corrected chi connectivity index (χ4v) is 16.9. The van der Waals surface area contributed by atoms with Gasteiger partial charge >= 0.3 is 5.97 Å². The first kappa shape index (κ1) is 68.0. The fraction of sp³-hybridized carbons (Fsp3) is 0.889. The number of carbonyl (C=O) groups excluding carboxylic acids is 3. The van der Waals surface area contributed by atoms with E-state index in [0.717, 1.165) is 6.42 Å². The van der Waals surface area contributed by atoms with Crippen LogP contribution in [-0.4, -0.2) is 211 Å². The maximum Gasteiger partial charge on any atom is 0.311 e. The molecular formula is C63H106FN3O16. The molecule has 0 bridgehead atoms. The smallest absolute Gasteiger partial charge is 0.311 e. The Hall–Kier alpha value is -2.54. The minimum atomic E-state index is -2.13. The van der Waals surface area contributed by atoms with Crippen molar-refractivity contribution in [1.82, 2.24) is 15.1 Å². The molecule has 0 radical (unpaired) electrons. The molecule has 20 heteroatoms. The number of hydrogen-bond acceptors (Lipinski definition) is 18. The van der Waals surface area contributed by atoms with Gasteiger partial charge in [0.2, 0.25) is 0 Å². The number of aliphatic hydroxyl groups is 7. The summed E-state index contributed by atoms with van der Waals surface area (Å²) in [7, 11) is 3.43. The van der Waals surface area contributed by atoms with E-state index in [4.69, 9.17) is 28.4 Å². The number of alkyl halides is 1. The molecule has 3 saturated heterocycles. The molecule has 3 aliphatic heterocycles. The van der Waals surface area contributed by atoms with Crippen LogP contribution in [0.1, 0.15) is 161 Å². The van der Waals surface area contributed by atoms with Crippen molar-refractivity contribution >= 4 is 17.7 Å². The molecule has 7 rings (SSSR count). The Morgan fingerprint density at radius 2 is 1.58 bits per heavy atom. The Morgan fingerprint density at radius 1 is 0.904 bits per heavy atom. The molecule has 3 heterocycles. The lowest BCUT2D eigenvalue weighted by Crippen LogP contribution is -2.69. The quantitative estimate of drug-likeness (QED) is 0.0653. The SMILES string of the molecule is CCCN(C)[C@H]1C[C@@H](C)O[C@@H](O[C@@H]2[C@@H](C)[C@H](O[C@H]3C[C@@](C)(OC)[C@@H](O)[C@H](C)O3)[C@@H](C)C(=O)O[C@H](CC)[C@@](C)(O)[C@H](O)[C@@H](C)N(CCCNC(=O)[C@@]3(O)[C@H](C)CC4C5CC=C6CC(=O)C=C[C@]6(C)[C@@]5(F)[C@@H](O)C[C@@]43C)C[C@H](C)C[C@@]2(C)O)[C@@H]1O. The van der Waals surface area contributed by atoms with Gasteiger partial charge < -0.3 is 74.4 Å². The number of hydrogen-bond donors (Lipinski definition) is 8. The maximum atomic E-state index is 17.9. The first-order valence-corrected chi connectivity index (χ1v) is 31.1. The van der Waals surface area contributed by atoms with Crippen LogP contribution < -0.4 is 5.32 Å². The largest absolute Gasteiger partial charge is 0.459 e. The number of ketones is 1. The molecule has 0 aromatic heterocycles. The third-order valence-corrected chi connectivity index (χ3v) is 22.0. The van der Waals surface area contributed by atoms with Gasteiger partial charge in [0.15, 0.2) is 29.6 Å². The second-order valence-corrected chi connectivity index (χ2v) is 28.0. The van der Waals surface area contributed by atoms with Crippen molar-refractivity contribution in [2.24, 2.45) is 46.3 Å². The highest BCUT2D eigenvalue weighted by molar-refractivity contribution is 5.93. The van der Waals surface area contributed by atoms with Gasteiger partial charge in [-0.15, -0.1) is 0 Å². The third-order valence-electron chi connectivity index (χ3n) is 22.0. The number of amides is 1. The lowest BCUT2D eigenvalue weighted by Gasteiger charge is -2.61. The summed E-state index contributed by atoms with van der Waals surface area (Å²) >= 11 is 0. The Kier molecular flexibility index (Phi) is 20.9. The van der Waals surface area contributed by atoms with Gasteiger partial charge in [-0.05, 0) is 144 Å². The topological polar surface area (TPSA) is 267 Å². The molecule has 5 fully saturated rings. The van der Waals surface area contributed by atoms with Gasteiger partial charge in [0.05, 0.1) is 47.6 Å². The zero-order chi connectivity index (χ0) is 61.9. The van der Waals surface area contributed by atoms with Crippen molar-refractivity contribution in [3.05, 3.63) is 23.8 Å². The van der Waals surface area contributed by atoms with E-state index in [2.05, 4.69) is 17.1 Å². The molecule has 2 saturated carbocycles. The van der Waals surface area contributed by atoms with Gasteiger partial charge in [0, 0.05) is 74.3 Å². The number of rotatable bonds is 14. The van der Waals surface area contributed by atoms with Gasteiger partial charge in [0.1, 0.15) is 30.0 Å².